The van der Waals surface area contributed by atoms with Crippen LogP contribution in [0.1, 0.15) is 67.3 Å². The second-order valence-electron chi connectivity index (χ2n) is 11.6. The number of fused-ring (bicyclic) bond motifs is 1. The number of carbonyl (C=O) groups excluding carboxylic acids is 1. The van der Waals surface area contributed by atoms with Crippen LogP contribution in [0.4, 0.5) is 16.1 Å². The van der Waals surface area contributed by atoms with E-state index in [-0.39, 0.29) is 18.2 Å². The van der Waals surface area contributed by atoms with Crippen molar-refractivity contribution >= 4 is 23.1 Å². The maximum Gasteiger partial charge on any atom is 0.315 e. The van der Waals surface area contributed by atoms with Crippen molar-refractivity contribution in [2.24, 2.45) is 5.92 Å². The molecule has 0 aliphatic heterocycles. The molecule has 2 saturated carbocycles. The number of halogens is 1. The number of amides is 1. The lowest BCUT2D eigenvalue weighted by Crippen LogP contribution is -2.42. The molecule has 0 radical (unpaired) electrons. The first-order chi connectivity index (χ1) is 20.2. The van der Waals surface area contributed by atoms with Crippen molar-refractivity contribution in [1.82, 2.24) is 30.1 Å². The molecule has 0 saturated heterocycles. The molecule has 42 heavy (non-hydrogen) atoms. The van der Waals surface area contributed by atoms with Crippen molar-refractivity contribution in [3.63, 3.8) is 0 Å². The number of aromatic nitrogens is 5. The van der Waals surface area contributed by atoms with Crippen LogP contribution in [0.2, 0.25) is 0 Å². The predicted octanol–water partition coefficient (Wildman–Crippen LogP) is 3.67. The number of hydrogen-bond donors (Lipinski definition) is 4. The van der Waals surface area contributed by atoms with Crippen LogP contribution in [-0.2, 0) is 0 Å². The van der Waals surface area contributed by atoms with Crippen LogP contribution in [0.25, 0.3) is 16.9 Å². The second-order valence-corrected chi connectivity index (χ2v) is 11.6. The lowest BCUT2D eigenvalue weighted by Gasteiger charge is -2.36. The Balaban J connectivity index is 1.17. The molecule has 1 amide bonds. The van der Waals surface area contributed by atoms with Gasteiger partial charge in [-0.05, 0) is 69.7 Å². The fourth-order valence-electron chi connectivity index (χ4n) is 4.95. The molecular weight excluding hydrogens is 541 g/mol. The third-order valence-corrected chi connectivity index (χ3v) is 7.75. The molecule has 4 N–H and O–H groups in total. The van der Waals surface area contributed by atoms with E-state index < -0.39 is 17.7 Å². The summed E-state index contributed by atoms with van der Waals surface area (Å²) >= 11 is 0. The molecule has 4 aromatic heterocycles. The fourth-order valence-corrected chi connectivity index (χ4v) is 4.95. The number of carbonyl (C=O) groups is 1. The number of nitrogens with zero attached hydrogens (tertiary/aromatic N) is 6. The zero-order chi connectivity index (χ0) is 29.4. The minimum Gasteiger partial charge on any atom is -0.408 e. The highest BCUT2D eigenvalue weighted by molar-refractivity contribution is 6.00. The number of rotatable bonds is 11. The van der Waals surface area contributed by atoms with E-state index in [2.05, 4.69) is 42.3 Å². The number of nitriles is 1. The van der Waals surface area contributed by atoms with Crippen LogP contribution in [0.3, 0.4) is 0 Å². The number of pyridine rings is 1. The average molecular weight is 574 g/mol. The second kappa shape index (κ2) is 11.0. The monoisotopic (exact) mass is 573 g/mol. The summed E-state index contributed by atoms with van der Waals surface area (Å²) in [6.45, 7) is 3.07. The predicted molar refractivity (Wildman–Crippen MR) is 152 cm³/mol. The van der Waals surface area contributed by atoms with E-state index in [1.54, 1.807) is 16.6 Å². The molecule has 13 heteroatoms. The van der Waals surface area contributed by atoms with Crippen LogP contribution in [0.15, 0.2) is 41.1 Å². The molecule has 4 aromatic rings. The molecular formula is C29H32FN9O3. The van der Waals surface area contributed by atoms with Crippen molar-refractivity contribution in [1.29, 1.82) is 5.26 Å². The van der Waals surface area contributed by atoms with Crippen molar-refractivity contribution in [2.75, 3.05) is 23.7 Å². The van der Waals surface area contributed by atoms with E-state index >= 15 is 0 Å². The van der Waals surface area contributed by atoms with Gasteiger partial charge in [0.2, 0.25) is 5.89 Å². The Labute approximate surface area is 241 Å². The number of hydrogen-bond acceptors (Lipinski definition) is 10. The maximum absolute atomic E-state index is 14.3. The Morgan fingerprint density at radius 3 is 2.81 bits per heavy atom. The van der Waals surface area contributed by atoms with E-state index in [0.717, 1.165) is 31.2 Å². The summed E-state index contributed by atoms with van der Waals surface area (Å²) in [6, 6.07) is 9.84. The number of anilines is 2. The summed E-state index contributed by atoms with van der Waals surface area (Å²) in [6.07, 6.45) is 5.21. The molecule has 2 aliphatic carbocycles. The number of alkyl halides is 1. The van der Waals surface area contributed by atoms with Crippen molar-refractivity contribution in [3.8, 4) is 17.5 Å². The fraction of sp³-hybridized carbons (Fsp3) is 0.448. The lowest BCUT2D eigenvalue weighted by molar-refractivity contribution is -0.00177. The third-order valence-electron chi connectivity index (χ3n) is 7.75. The summed E-state index contributed by atoms with van der Waals surface area (Å²) < 4.78 is 21.7. The Kier molecular flexibility index (Phi) is 7.24. The molecule has 6 rings (SSSR count). The van der Waals surface area contributed by atoms with Crippen molar-refractivity contribution in [3.05, 3.63) is 53.7 Å². The SMILES string of the molecule is CC(C)(O)[C@H](F)CNC(=O)c1cnc(-c2ccc3cc(C#N)cnn23)cc1N[C@H]1C[C@H](CNc2nnc(C3CC3)o2)C1. The van der Waals surface area contributed by atoms with Gasteiger partial charge in [-0.3, -0.25) is 9.78 Å². The average Bonchev–Trinajstić information content (AvgIpc) is 3.54. The van der Waals surface area contributed by atoms with Gasteiger partial charge in [-0.25, -0.2) is 8.91 Å². The molecule has 0 unspecified atom stereocenters. The Bertz CT molecular complexity index is 1640. The first kappa shape index (κ1) is 27.6. The number of aliphatic hydroxyl groups is 1. The summed E-state index contributed by atoms with van der Waals surface area (Å²) in [5.74, 6) is 0.983. The smallest absolute Gasteiger partial charge is 0.315 e. The minimum absolute atomic E-state index is 0.106. The lowest BCUT2D eigenvalue weighted by atomic mass is 9.80. The topological polar surface area (TPSA) is 166 Å². The van der Waals surface area contributed by atoms with Gasteiger partial charge in [-0.15, -0.1) is 5.10 Å². The quantitative estimate of drug-likeness (QED) is 0.208. The minimum atomic E-state index is -1.64. The van der Waals surface area contributed by atoms with Crippen LogP contribution in [0.5, 0.6) is 0 Å². The summed E-state index contributed by atoms with van der Waals surface area (Å²) in [4.78, 5) is 17.6. The summed E-state index contributed by atoms with van der Waals surface area (Å²) in [5.41, 5.74) is 1.69. The van der Waals surface area contributed by atoms with Gasteiger partial charge in [0, 0.05) is 24.7 Å². The zero-order valence-electron chi connectivity index (χ0n) is 23.3. The molecule has 218 valence electrons. The van der Waals surface area contributed by atoms with Gasteiger partial charge in [-0.2, -0.15) is 10.4 Å². The Morgan fingerprint density at radius 2 is 2.07 bits per heavy atom. The highest BCUT2D eigenvalue weighted by Crippen LogP contribution is 2.39. The van der Waals surface area contributed by atoms with Gasteiger partial charge in [0.15, 0.2) is 0 Å². The highest BCUT2D eigenvalue weighted by Gasteiger charge is 2.32. The molecule has 0 aromatic carbocycles. The van der Waals surface area contributed by atoms with Gasteiger partial charge in [0.1, 0.15) is 12.2 Å². The van der Waals surface area contributed by atoms with Crippen LogP contribution < -0.4 is 16.0 Å². The van der Waals surface area contributed by atoms with E-state index in [1.165, 1.54) is 26.2 Å². The molecule has 2 aliphatic rings. The first-order valence-electron chi connectivity index (χ1n) is 14.0. The summed E-state index contributed by atoms with van der Waals surface area (Å²) in [5, 5.41) is 40.9. The third kappa shape index (κ3) is 5.89. The van der Waals surface area contributed by atoms with E-state index in [1.807, 2.05) is 12.1 Å². The van der Waals surface area contributed by atoms with E-state index in [9.17, 15) is 19.6 Å². The van der Waals surface area contributed by atoms with Crippen LogP contribution >= 0.6 is 0 Å². The molecule has 4 heterocycles. The van der Waals surface area contributed by atoms with E-state index in [0.29, 0.717) is 52.9 Å². The van der Waals surface area contributed by atoms with Crippen LogP contribution in [0, 0.1) is 17.2 Å². The molecule has 2 fully saturated rings. The molecule has 0 spiro atoms. The van der Waals surface area contributed by atoms with Gasteiger partial charge in [0.05, 0.1) is 52.1 Å². The van der Waals surface area contributed by atoms with Crippen molar-refractivity contribution < 1.29 is 18.7 Å². The molecule has 12 nitrogen and oxygen atoms in total. The normalized spacial score (nSPS) is 19.1. The Hall–Kier alpha value is -4.57. The standard InChI is InChI=1S/C29H32FN9O3/c1-29(2,41)25(30)15-33-26(40)21-14-32-23(24-6-5-20-9-17(11-31)13-35-39(20)24)10-22(21)36-19-7-16(8-19)12-34-28-38-37-27(42-28)18-3-4-18/h5-6,9-10,13-14,16,18-19,25,41H,3-4,7-8,12,15H2,1-2H3,(H,32,36)(H,33,40)(H,34,38)/t16-,19-,25-/m1/s1. The Morgan fingerprint density at radius 1 is 1.26 bits per heavy atom. The zero-order valence-corrected chi connectivity index (χ0v) is 23.3. The van der Waals surface area contributed by atoms with Gasteiger partial charge < -0.3 is 25.5 Å². The first-order valence-corrected chi connectivity index (χ1v) is 14.0. The van der Waals surface area contributed by atoms with Gasteiger partial charge in [-0.1, -0.05) is 5.10 Å². The van der Waals surface area contributed by atoms with Crippen LogP contribution in [-0.4, -0.2) is 66.7 Å². The summed E-state index contributed by atoms with van der Waals surface area (Å²) in [7, 11) is 0. The maximum atomic E-state index is 14.3. The van der Waals surface area contributed by atoms with Gasteiger partial charge in [0.25, 0.3) is 5.91 Å². The van der Waals surface area contributed by atoms with Crippen molar-refractivity contribution in [2.45, 2.75) is 63.3 Å². The van der Waals surface area contributed by atoms with E-state index in [4.69, 9.17) is 4.42 Å². The molecule has 0 bridgehead atoms. The molecule has 1 atom stereocenters. The van der Waals surface area contributed by atoms with Gasteiger partial charge >= 0.3 is 6.01 Å². The largest absolute Gasteiger partial charge is 0.408 e. The number of nitrogens with one attached hydrogen (secondary N) is 3. The highest BCUT2D eigenvalue weighted by atomic mass is 19.1.